The standard InChI is InChI=1S/C12H14BrFN2OS/c1-2-16(7-6-10(15)18)12(17)8-4-3-5-9(13)11(8)14/h3-5H,2,6-7H2,1H3,(H2,15,18). The molecule has 0 bridgehead atoms. The van der Waals surface area contributed by atoms with Gasteiger partial charge in [0.15, 0.2) is 0 Å². The van der Waals surface area contributed by atoms with Gasteiger partial charge in [0.1, 0.15) is 5.82 Å². The van der Waals surface area contributed by atoms with Crippen LogP contribution in [0.25, 0.3) is 0 Å². The molecule has 0 atom stereocenters. The van der Waals surface area contributed by atoms with Gasteiger partial charge >= 0.3 is 0 Å². The monoisotopic (exact) mass is 332 g/mol. The van der Waals surface area contributed by atoms with Crippen molar-refractivity contribution < 1.29 is 9.18 Å². The van der Waals surface area contributed by atoms with Crippen molar-refractivity contribution in [2.45, 2.75) is 13.3 Å². The van der Waals surface area contributed by atoms with Gasteiger partial charge in [-0.1, -0.05) is 18.3 Å². The minimum absolute atomic E-state index is 0.0502. The van der Waals surface area contributed by atoms with Gasteiger partial charge in [-0.2, -0.15) is 0 Å². The number of thiocarbonyl (C=S) groups is 1. The number of amides is 1. The number of carbonyl (C=O) groups excluding carboxylic acids is 1. The molecule has 0 radical (unpaired) electrons. The van der Waals surface area contributed by atoms with E-state index in [0.29, 0.717) is 24.5 Å². The second-order valence-electron chi connectivity index (χ2n) is 3.70. The highest BCUT2D eigenvalue weighted by molar-refractivity contribution is 9.10. The molecule has 0 unspecified atom stereocenters. The molecule has 1 aromatic rings. The predicted octanol–water partition coefficient (Wildman–Crippen LogP) is 2.73. The fourth-order valence-electron chi connectivity index (χ4n) is 1.49. The summed E-state index contributed by atoms with van der Waals surface area (Å²) in [6.45, 7) is 2.71. The molecule has 98 valence electrons. The molecule has 0 spiro atoms. The van der Waals surface area contributed by atoms with Gasteiger partial charge < -0.3 is 10.6 Å². The lowest BCUT2D eigenvalue weighted by Gasteiger charge is -2.21. The Kier molecular flexibility index (Phi) is 5.68. The minimum atomic E-state index is -0.545. The second-order valence-corrected chi connectivity index (χ2v) is 5.08. The number of rotatable bonds is 5. The summed E-state index contributed by atoms with van der Waals surface area (Å²) in [5, 5.41) is 0. The number of halogens is 2. The predicted molar refractivity (Wildman–Crippen MR) is 77.1 cm³/mol. The molecule has 0 heterocycles. The van der Waals surface area contributed by atoms with Crippen LogP contribution < -0.4 is 5.73 Å². The van der Waals surface area contributed by atoms with Crippen molar-refractivity contribution in [3.63, 3.8) is 0 Å². The Bertz CT molecular complexity index is 467. The maximum atomic E-state index is 13.8. The van der Waals surface area contributed by atoms with Gasteiger partial charge in [-0.15, -0.1) is 0 Å². The lowest BCUT2D eigenvalue weighted by molar-refractivity contribution is 0.0764. The lowest BCUT2D eigenvalue weighted by atomic mass is 10.2. The molecule has 0 aliphatic carbocycles. The summed E-state index contributed by atoms with van der Waals surface area (Å²) in [6.07, 6.45) is 0.435. The van der Waals surface area contributed by atoms with E-state index in [4.69, 9.17) is 18.0 Å². The third-order valence-corrected chi connectivity index (χ3v) is 3.30. The summed E-state index contributed by atoms with van der Waals surface area (Å²) in [5.74, 6) is -0.899. The molecule has 0 aromatic heterocycles. The van der Waals surface area contributed by atoms with E-state index in [1.165, 1.54) is 11.0 Å². The van der Waals surface area contributed by atoms with E-state index >= 15 is 0 Å². The molecule has 0 aliphatic heterocycles. The van der Waals surface area contributed by atoms with Gasteiger partial charge in [0, 0.05) is 19.5 Å². The van der Waals surface area contributed by atoms with Crippen molar-refractivity contribution in [2.24, 2.45) is 5.73 Å². The van der Waals surface area contributed by atoms with Crippen LogP contribution in [0, 0.1) is 5.82 Å². The number of carbonyl (C=O) groups is 1. The van der Waals surface area contributed by atoms with Crippen molar-refractivity contribution >= 4 is 39.0 Å². The van der Waals surface area contributed by atoms with E-state index in [0.717, 1.165) is 0 Å². The summed E-state index contributed by atoms with van der Waals surface area (Å²) >= 11 is 7.83. The van der Waals surface area contributed by atoms with E-state index < -0.39 is 5.82 Å². The number of hydrogen-bond donors (Lipinski definition) is 1. The van der Waals surface area contributed by atoms with Gasteiger partial charge in [0.25, 0.3) is 5.91 Å². The van der Waals surface area contributed by atoms with Crippen molar-refractivity contribution in [3.05, 3.63) is 34.1 Å². The molecule has 1 aromatic carbocycles. The molecule has 2 N–H and O–H groups in total. The van der Waals surface area contributed by atoms with E-state index in [1.54, 1.807) is 12.1 Å². The summed E-state index contributed by atoms with van der Waals surface area (Å²) in [6, 6.07) is 4.64. The number of hydrogen-bond acceptors (Lipinski definition) is 2. The Labute approximate surface area is 119 Å². The summed E-state index contributed by atoms with van der Waals surface area (Å²) in [7, 11) is 0. The molecule has 0 fully saturated rings. The molecule has 6 heteroatoms. The van der Waals surface area contributed by atoms with Gasteiger partial charge in [-0.05, 0) is 35.0 Å². The molecule has 18 heavy (non-hydrogen) atoms. The number of nitrogens with zero attached hydrogens (tertiary/aromatic N) is 1. The number of nitrogens with two attached hydrogens (primary N) is 1. The Hall–Kier alpha value is -1.01. The maximum absolute atomic E-state index is 13.8. The zero-order valence-corrected chi connectivity index (χ0v) is 12.4. The summed E-state index contributed by atoms with van der Waals surface area (Å²) in [5.41, 5.74) is 5.45. The molecule has 1 rings (SSSR count). The van der Waals surface area contributed by atoms with Gasteiger partial charge in [-0.3, -0.25) is 4.79 Å². The van der Waals surface area contributed by atoms with Crippen molar-refractivity contribution in [3.8, 4) is 0 Å². The van der Waals surface area contributed by atoms with Gasteiger partial charge in [0.2, 0.25) is 0 Å². The van der Waals surface area contributed by atoms with E-state index in [2.05, 4.69) is 15.9 Å². The number of benzene rings is 1. The molecule has 0 saturated carbocycles. The normalized spacial score (nSPS) is 10.2. The van der Waals surface area contributed by atoms with Crippen molar-refractivity contribution in [1.82, 2.24) is 4.90 Å². The van der Waals surface area contributed by atoms with E-state index in [9.17, 15) is 9.18 Å². The zero-order chi connectivity index (χ0) is 13.7. The molecule has 1 amide bonds. The Morgan fingerprint density at radius 1 is 1.56 bits per heavy atom. The summed E-state index contributed by atoms with van der Waals surface area (Å²) in [4.78, 5) is 14.0. The smallest absolute Gasteiger partial charge is 0.256 e. The van der Waals surface area contributed by atoms with Crippen LogP contribution in [0.3, 0.4) is 0 Å². The Balaban J connectivity index is 2.89. The second kappa shape index (κ2) is 6.80. The van der Waals surface area contributed by atoms with Crippen LogP contribution in [0.2, 0.25) is 0 Å². The quantitative estimate of drug-likeness (QED) is 0.843. The lowest BCUT2D eigenvalue weighted by Crippen LogP contribution is -2.34. The highest BCUT2D eigenvalue weighted by Crippen LogP contribution is 2.20. The third-order valence-electron chi connectivity index (χ3n) is 2.48. The van der Waals surface area contributed by atoms with Crippen LogP contribution in [-0.2, 0) is 0 Å². The van der Waals surface area contributed by atoms with E-state index in [-0.39, 0.29) is 15.9 Å². The largest absolute Gasteiger partial charge is 0.393 e. The van der Waals surface area contributed by atoms with Crippen molar-refractivity contribution in [1.29, 1.82) is 0 Å². The van der Waals surface area contributed by atoms with Crippen molar-refractivity contribution in [2.75, 3.05) is 13.1 Å². The van der Waals surface area contributed by atoms with Crippen LogP contribution in [0.15, 0.2) is 22.7 Å². The highest BCUT2D eigenvalue weighted by atomic mass is 79.9. The topological polar surface area (TPSA) is 46.3 Å². The Morgan fingerprint density at radius 2 is 2.22 bits per heavy atom. The summed E-state index contributed by atoms with van der Waals surface area (Å²) < 4.78 is 14.1. The van der Waals surface area contributed by atoms with Crippen LogP contribution in [0.5, 0.6) is 0 Å². The highest BCUT2D eigenvalue weighted by Gasteiger charge is 2.19. The first-order valence-corrected chi connectivity index (χ1v) is 6.69. The first-order valence-electron chi connectivity index (χ1n) is 5.49. The average molecular weight is 333 g/mol. The fourth-order valence-corrected chi connectivity index (χ4v) is 1.95. The van der Waals surface area contributed by atoms with Crippen LogP contribution in [0.4, 0.5) is 4.39 Å². The first kappa shape index (κ1) is 15.0. The molecule has 3 nitrogen and oxygen atoms in total. The molecule has 0 saturated heterocycles. The molecule has 0 aliphatic rings. The van der Waals surface area contributed by atoms with Crippen LogP contribution in [0.1, 0.15) is 23.7 Å². The van der Waals surface area contributed by atoms with Gasteiger partial charge in [0.05, 0.1) is 15.0 Å². The molecular weight excluding hydrogens is 319 g/mol. The SMILES string of the molecule is CCN(CCC(N)=S)C(=O)c1cccc(Br)c1F. The van der Waals surface area contributed by atoms with Crippen LogP contribution in [-0.4, -0.2) is 28.9 Å². The van der Waals surface area contributed by atoms with Crippen LogP contribution >= 0.6 is 28.1 Å². The van der Waals surface area contributed by atoms with Gasteiger partial charge in [-0.25, -0.2) is 4.39 Å². The zero-order valence-electron chi connectivity index (χ0n) is 9.95. The third kappa shape index (κ3) is 3.74. The first-order chi connectivity index (χ1) is 8.47. The maximum Gasteiger partial charge on any atom is 0.256 e. The molecular formula is C12H14BrFN2OS. The minimum Gasteiger partial charge on any atom is -0.393 e. The average Bonchev–Trinajstić information content (AvgIpc) is 2.32. The van der Waals surface area contributed by atoms with E-state index in [1.807, 2.05) is 6.92 Å². The fraction of sp³-hybridized carbons (Fsp3) is 0.333. The Morgan fingerprint density at radius 3 is 2.78 bits per heavy atom.